The number of likely N-dealkylation sites (tertiary alicyclic amines) is 1. The van der Waals surface area contributed by atoms with E-state index in [0.29, 0.717) is 36.6 Å². The number of anilines is 1. The van der Waals surface area contributed by atoms with Gasteiger partial charge in [-0.3, -0.25) is 14.3 Å². The Kier molecular flexibility index (Phi) is 6.22. The number of hydrogen-bond donors (Lipinski definition) is 3. The Morgan fingerprint density at radius 3 is 2.81 bits per heavy atom. The summed E-state index contributed by atoms with van der Waals surface area (Å²) in [6, 6.07) is 3.51. The maximum atomic E-state index is 12.9. The summed E-state index contributed by atoms with van der Waals surface area (Å²) in [6.45, 7) is 3.59. The number of amides is 4. The second kappa shape index (κ2) is 9.49. The fourth-order valence-electron chi connectivity index (χ4n) is 4.72. The number of H-pyrrole nitrogens is 1. The van der Waals surface area contributed by atoms with E-state index in [0.717, 1.165) is 30.2 Å². The van der Waals surface area contributed by atoms with Crippen molar-refractivity contribution in [1.82, 2.24) is 34.9 Å². The van der Waals surface area contributed by atoms with Crippen molar-refractivity contribution in [2.24, 2.45) is 11.8 Å². The Bertz CT molecular complexity index is 1370. The number of nitrogens with zero attached hydrogens (tertiary/aromatic N) is 6. The lowest BCUT2D eigenvalue weighted by Gasteiger charge is -2.38. The van der Waals surface area contributed by atoms with Crippen LogP contribution in [0.1, 0.15) is 32.2 Å². The molecule has 0 spiro atoms. The number of nitriles is 1. The lowest BCUT2D eigenvalue weighted by atomic mass is 9.93. The van der Waals surface area contributed by atoms with Crippen LogP contribution in [-0.2, 0) is 9.59 Å². The number of nitrogens with one attached hydrogen (secondary N) is 3. The monoisotopic (exact) mass is 491 g/mol. The fraction of sp³-hybridized carbons (Fsp3) is 0.500. The molecule has 1 aliphatic carbocycles. The van der Waals surface area contributed by atoms with Crippen LogP contribution in [0.2, 0.25) is 0 Å². The van der Waals surface area contributed by atoms with E-state index < -0.39 is 11.8 Å². The first kappa shape index (κ1) is 23.6. The van der Waals surface area contributed by atoms with Crippen molar-refractivity contribution < 1.29 is 14.4 Å². The van der Waals surface area contributed by atoms with Gasteiger partial charge in [-0.1, -0.05) is 6.92 Å². The zero-order valence-electron chi connectivity index (χ0n) is 20.3. The minimum atomic E-state index is -0.775. The lowest BCUT2D eigenvalue weighted by Crippen LogP contribution is -2.48. The quantitative estimate of drug-likeness (QED) is 0.366. The molecule has 0 radical (unpaired) electrons. The van der Waals surface area contributed by atoms with Crippen LogP contribution >= 0.6 is 0 Å². The predicted octanol–water partition coefficient (Wildman–Crippen LogP) is 1.84. The number of aromatic amines is 1. The summed E-state index contributed by atoms with van der Waals surface area (Å²) in [6.07, 6.45) is 6.31. The summed E-state index contributed by atoms with van der Waals surface area (Å²) in [5.41, 5.74) is 1.44. The van der Waals surface area contributed by atoms with Gasteiger partial charge in [-0.05, 0) is 37.2 Å². The van der Waals surface area contributed by atoms with Crippen LogP contribution < -0.4 is 10.6 Å². The normalized spacial score (nSPS) is 19.8. The Hall–Kier alpha value is -4.14. The molecule has 4 heterocycles. The molecule has 4 amide bonds. The zero-order valence-corrected chi connectivity index (χ0v) is 20.3. The van der Waals surface area contributed by atoms with Crippen molar-refractivity contribution in [3.8, 4) is 6.07 Å². The number of aromatic nitrogens is 4. The third kappa shape index (κ3) is 4.44. The summed E-state index contributed by atoms with van der Waals surface area (Å²) in [4.78, 5) is 48.6. The van der Waals surface area contributed by atoms with Crippen LogP contribution in [0.15, 0.2) is 18.5 Å². The van der Waals surface area contributed by atoms with E-state index in [9.17, 15) is 14.4 Å². The number of carbonyl (C=O) groups is 3. The number of rotatable bonds is 5. The Labute approximate surface area is 207 Å². The predicted molar refractivity (Wildman–Crippen MR) is 132 cm³/mol. The molecule has 3 aromatic heterocycles. The van der Waals surface area contributed by atoms with Gasteiger partial charge in [0, 0.05) is 44.5 Å². The Morgan fingerprint density at radius 1 is 1.25 bits per heavy atom. The molecule has 0 unspecified atom stereocenters. The van der Waals surface area contributed by atoms with E-state index >= 15 is 0 Å². The maximum Gasteiger partial charge on any atom is 0.320 e. The molecule has 188 valence electrons. The SMILES string of the molecule is C[C@@H]1CCN(C(=O)N(C)CC#N)C[C@@H]1n1nc(NC(=O)C(=O)NCC2CC2)c2cnc3[nH]ccc3c21. The van der Waals surface area contributed by atoms with Crippen molar-refractivity contribution in [2.75, 3.05) is 38.5 Å². The van der Waals surface area contributed by atoms with Crippen LogP contribution in [0.4, 0.5) is 10.6 Å². The molecule has 2 atom stereocenters. The summed E-state index contributed by atoms with van der Waals surface area (Å²) in [7, 11) is 1.61. The Balaban J connectivity index is 1.48. The van der Waals surface area contributed by atoms with E-state index in [1.165, 1.54) is 4.90 Å². The van der Waals surface area contributed by atoms with Gasteiger partial charge in [-0.2, -0.15) is 10.4 Å². The molecule has 0 bridgehead atoms. The number of urea groups is 1. The Morgan fingerprint density at radius 2 is 2.06 bits per heavy atom. The highest BCUT2D eigenvalue weighted by molar-refractivity contribution is 6.40. The molecule has 12 nitrogen and oxygen atoms in total. The van der Waals surface area contributed by atoms with Crippen molar-refractivity contribution in [1.29, 1.82) is 5.26 Å². The second-order valence-corrected chi connectivity index (χ2v) is 9.74. The van der Waals surface area contributed by atoms with Gasteiger partial charge in [0.1, 0.15) is 12.2 Å². The van der Waals surface area contributed by atoms with E-state index in [2.05, 4.69) is 27.5 Å². The van der Waals surface area contributed by atoms with Crippen molar-refractivity contribution in [3.63, 3.8) is 0 Å². The average molecular weight is 492 g/mol. The first-order chi connectivity index (χ1) is 17.4. The molecule has 36 heavy (non-hydrogen) atoms. The van der Waals surface area contributed by atoms with Gasteiger partial charge in [0.05, 0.1) is 23.0 Å². The van der Waals surface area contributed by atoms with Crippen LogP contribution in [0, 0.1) is 23.2 Å². The second-order valence-electron chi connectivity index (χ2n) is 9.74. The van der Waals surface area contributed by atoms with Gasteiger partial charge in [-0.25, -0.2) is 9.78 Å². The van der Waals surface area contributed by atoms with Crippen LogP contribution in [-0.4, -0.2) is 80.6 Å². The summed E-state index contributed by atoms with van der Waals surface area (Å²) in [5.74, 6) is -0.569. The minimum Gasteiger partial charge on any atom is -0.348 e. The average Bonchev–Trinajstić information content (AvgIpc) is 3.45. The highest BCUT2D eigenvalue weighted by Crippen LogP contribution is 2.36. The summed E-state index contributed by atoms with van der Waals surface area (Å²) < 4.78 is 1.85. The standard InChI is InChI=1S/C24H29N9O3/c1-14-6-9-32(24(36)31(2)10-7-25)13-18(14)33-19-16-5-8-26-20(16)27-12-17(19)21(30-33)29-23(35)22(34)28-11-15-3-4-15/h5,8,12,14-15,18H,3-4,6,9-11,13H2,1-2H3,(H,26,27)(H,28,34)(H,29,30,35)/t14-,18+/m1/s1. The highest BCUT2D eigenvalue weighted by atomic mass is 16.2. The van der Waals surface area contributed by atoms with Crippen molar-refractivity contribution in [2.45, 2.75) is 32.2 Å². The van der Waals surface area contributed by atoms with Gasteiger partial charge in [0.25, 0.3) is 0 Å². The molecule has 1 saturated carbocycles. The summed E-state index contributed by atoms with van der Waals surface area (Å²) >= 11 is 0. The minimum absolute atomic E-state index is 0.00882. The van der Waals surface area contributed by atoms with Crippen LogP contribution in [0.3, 0.4) is 0 Å². The molecular formula is C24H29N9O3. The molecule has 0 aromatic carbocycles. The third-order valence-corrected chi connectivity index (χ3v) is 7.07. The number of fused-ring (bicyclic) bond motifs is 3. The largest absolute Gasteiger partial charge is 0.348 e. The molecule has 3 N–H and O–H groups in total. The molecule has 12 heteroatoms. The van der Waals surface area contributed by atoms with Crippen LogP contribution in [0.25, 0.3) is 21.9 Å². The van der Waals surface area contributed by atoms with E-state index in [-0.39, 0.29) is 30.4 Å². The van der Waals surface area contributed by atoms with Gasteiger partial charge < -0.3 is 25.4 Å². The summed E-state index contributed by atoms with van der Waals surface area (Å²) in [5, 5.41) is 20.5. The van der Waals surface area contributed by atoms with Crippen LogP contribution in [0.5, 0.6) is 0 Å². The first-order valence-electron chi connectivity index (χ1n) is 12.2. The van der Waals surface area contributed by atoms with Gasteiger partial charge in [0.15, 0.2) is 5.82 Å². The molecular weight excluding hydrogens is 462 g/mol. The smallest absolute Gasteiger partial charge is 0.320 e. The van der Waals surface area contributed by atoms with Gasteiger partial charge >= 0.3 is 17.8 Å². The van der Waals surface area contributed by atoms with E-state index in [1.54, 1.807) is 24.3 Å². The number of carbonyl (C=O) groups excluding carboxylic acids is 3. The topological polar surface area (TPSA) is 152 Å². The van der Waals surface area contributed by atoms with E-state index in [1.807, 2.05) is 16.8 Å². The zero-order chi connectivity index (χ0) is 25.4. The highest BCUT2D eigenvalue weighted by Gasteiger charge is 2.34. The van der Waals surface area contributed by atoms with E-state index in [4.69, 9.17) is 10.4 Å². The molecule has 2 fully saturated rings. The number of piperidine rings is 1. The van der Waals surface area contributed by atoms with Crippen molar-refractivity contribution in [3.05, 3.63) is 18.5 Å². The molecule has 1 aliphatic heterocycles. The maximum absolute atomic E-state index is 12.9. The first-order valence-corrected chi connectivity index (χ1v) is 12.2. The third-order valence-electron chi connectivity index (χ3n) is 7.07. The molecule has 2 aliphatic rings. The molecule has 5 rings (SSSR count). The number of hydrogen-bond acceptors (Lipinski definition) is 6. The lowest BCUT2D eigenvalue weighted by molar-refractivity contribution is -0.136. The fourth-order valence-corrected chi connectivity index (χ4v) is 4.72. The van der Waals surface area contributed by atoms with Gasteiger partial charge in [0.2, 0.25) is 0 Å². The molecule has 3 aromatic rings. The number of pyridine rings is 1. The molecule has 1 saturated heterocycles. The van der Waals surface area contributed by atoms with Crippen molar-refractivity contribution >= 4 is 45.6 Å². The van der Waals surface area contributed by atoms with Gasteiger partial charge in [-0.15, -0.1) is 0 Å².